The lowest BCUT2D eigenvalue weighted by atomic mass is 10.2. The number of methoxy groups -OCH3 is 1. The van der Waals surface area contributed by atoms with Crippen LogP contribution in [0.1, 0.15) is 10.5 Å². The van der Waals surface area contributed by atoms with Gasteiger partial charge in [-0.2, -0.15) is 0 Å². The Balaban J connectivity index is 1.48. The van der Waals surface area contributed by atoms with Crippen molar-refractivity contribution < 1.29 is 9.53 Å². The van der Waals surface area contributed by atoms with Crippen LogP contribution in [-0.2, 0) is 0 Å². The minimum Gasteiger partial charge on any atom is -0.497 e. The van der Waals surface area contributed by atoms with Gasteiger partial charge >= 0.3 is 0 Å². The lowest BCUT2D eigenvalue weighted by Gasteiger charge is -2.08. The smallest absolute Gasteiger partial charge is 0.242 e. The lowest BCUT2D eigenvalue weighted by molar-refractivity contribution is 0.0951. The topological polar surface area (TPSA) is 57.0 Å². The second kappa shape index (κ2) is 7.46. The number of benzene rings is 3. The zero-order chi connectivity index (χ0) is 20.7. The summed E-state index contributed by atoms with van der Waals surface area (Å²) in [5.74, 6) is 1.04. The molecule has 0 aliphatic carbocycles. The fraction of sp³-hybridized carbons (Fsp3) is 0.125. The SMILES string of the molecule is COc1ccc2nc(SCC(=O)n3c4ccccc4c4ccccc43)nc(C)c2c1. The standard InChI is InChI=1S/C24H19N3O2S/c1-15-19-13-16(29-2)11-12-20(19)26-24(25-15)30-14-23(28)27-21-9-5-3-7-17(21)18-8-4-6-10-22(18)27/h3-13H,14H2,1-2H3. The van der Waals surface area contributed by atoms with Crippen LogP contribution in [0, 0.1) is 6.92 Å². The Hall–Kier alpha value is -3.38. The van der Waals surface area contributed by atoms with Crippen molar-refractivity contribution in [3.8, 4) is 5.75 Å². The van der Waals surface area contributed by atoms with Gasteiger partial charge in [0.15, 0.2) is 5.16 Å². The Kier molecular flexibility index (Phi) is 4.64. The first kappa shape index (κ1) is 18.6. The highest BCUT2D eigenvalue weighted by molar-refractivity contribution is 7.99. The molecular formula is C24H19N3O2S. The summed E-state index contributed by atoms with van der Waals surface area (Å²) in [6, 6.07) is 21.7. The van der Waals surface area contributed by atoms with Crippen molar-refractivity contribution >= 4 is 50.4 Å². The van der Waals surface area contributed by atoms with Gasteiger partial charge in [-0.1, -0.05) is 48.2 Å². The van der Waals surface area contributed by atoms with Crippen LogP contribution in [0.2, 0.25) is 0 Å². The summed E-state index contributed by atoms with van der Waals surface area (Å²) in [6.07, 6.45) is 0. The minimum absolute atomic E-state index is 0.00785. The van der Waals surface area contributed by atoms with E-state index in [1.807, 2.05) is 61.5 Å². The Morgan fingerprint density at radius 3 is 2.27 bits per heavy atom. The van der Waals surface area contributed by atoms with Crippen LogP contribution < -0.4 is 4.74 Å². The highest BCUT2D eigenvalue weighted by Crippen LogP contribution is 2.30. The van der Waals surface area contributed by atoms with Gasteiger partial charge in [0.2, 0.25) is 5.91 Å². The first-order valence-corrected chi connectivity index (χ1v) is 10.6. The number of hydrogen-bond acceptors (Lipinski definition) is 5. The number of ether oxygens (including phenoxy) is 1. The summed E-state index contributed by atoms with van der Waals surface area (Å²) < 4.78 is 7.09. The quantitative estimate of drug-likeness (QED) is 0.288. The second-order valence-corrected chi connectivity index (χ2v) is 7.97. The van der Waals surface area contributed by atoms with Crippen LogP contribution in [0.5, 0.6) is 5.75 Å². The van der Waals surface area contributed by atoms with E-state index >= 15 is 0 Å². The molecule has 0 saturated carbocycles. The molecule has 0 N–H and O–H groups in total. The Morgan fingerprint density at radius 1 is 0.933 bits per heavy atom. The molecule has 2 heterocycles. The molecule has 5 nitrogen and oxygen atoms in total. The average molecular weight is 414 g/mol. The van der Waals surface area contributed by atoms with Gasteiger partial charge in [0, 0.05) is 21.9 Å². The highest BCUT2D eigenvalue weighted by Gasteiger charge is 2.16. The first-order valence-electron chi connectivity index (χ1n) is 9.62. The summed E-state index contributed by atoms with van der Waals surface area (Å²) in [7, 11) is 1.64. The molecule has 0 spiro atoms. The van der Waals surface area contributed by atoms with Gasteiger partial charge in [-0.05, 0) is 37.3 Å². The van der Waals surface area contributed by atoms with Gasteiger partial charge in [-0.3, -0.25) is 9.36 Å². The summed E-state index contributed by atoms with van der Waals surface area (Å²) in [5.41, 5.74) is 3.56. The van der Waals surface area contributed by atoms with Crippen LogP contribution in [0.15, 0.2) is 71.9 Å². The number of thioether (sulfide) groups is 1. The molecule has 148 valence electrons. The molecule has 0 aliphatic heterocycles. The molecule has 0 fully saturated rings. The van der Waals surface area contributed by atoms with Crippen molar-refractivity contribution in [1.29, 1.82) is 0 Å². The van der Waals surface area contributed by atoms with E-state index in [9.17, 15) is 4.79 Å². The van der Waals surface area contributed by atoms with E-state index in [1.165, 1.54) is 11.8 Å². The average Bonchev–Trinajstić information content (AvgIpc) is 3.12. The molecule has 3 aromatic carbocycles. The summed E-state index contributed by atoms with van der Waals surface area (Å²) >= 11 is 1.36. The van der Waals surface area contributed by atoms with Crippen LogP contribution in [0.3, 0.4) is 0 Å². The summed E-state index contributed by atoms with van der Waals surface area (Å²) in [5, 5.41) is 3.71. The van der Waals surface area contributed by atoms with E-state index in [0.717, 1.165) is 44.2 Å². The van der Waals surface area contributed by atoms with Crippen molar-refractivity contribution in [2.24, 2.45) is 0 Å². The molecular weight excluding hydrogens is 394 g/mol. The van der Waals surface area contributed by atoms with Crippen molar-refractivity contribution in [2.75, 3.05) is 12.9 Å². The number of rotatable bonds is 4. The summed E-state index contributed by atoms with van der Waals surface area (Å²) in [6.45, 7) is 1.95. The van der Waals surface area contributed by atoms with E-state index < -0.39 is 0 Å². The van der Waals surface area contributed by atoms with Crippen molar-refractivity contribution in [3.63, 3.8) is 0 Å². The van der Waals surface area contributed by atoms with Gasteiger partial charge in [-0.25, -0.2) is 9.97 Å². The number of para-hydroxylation sites is 2. The highest BCUT2D eigenvalue weighted by atomic mass is 32.2. The fourth-order valence-electron chi connectivity index (χ4n) is 3.81. The second-order valence-electron chi connectivity index (χ2n) is 7.03. The van der Waals surface area contributed by atoms with Crippen LogP contribution in [0.4, 0.5) is 0 Å². The maximum Gasteiger partial charge on any atom is 0.242 e. The van der Waals surface area contributed by atoms with Gasteiger partial charge in [0.05, 0.1) is 29.4 Å². The molecule has 6 heteroatoms. The van der Waals surface area contributed by atoms with Gasteiger partial charge in [0.25, 0.3) is 0 Å². The van der Waals surface area contributed by atoms with E-state index in [2.05, 4.69) is 22.1 Å². The number of carbonyl (C=O) groups excluding carboxylic acids is 1. The molecule has 30 heavy (non-hydrogen) atoms. The van der Waals surface area contributed by atoms with Crippen molar-refractivity contribution in [3.05, 3.63) is 72.4 Å². The molecule has 2 aromatic heterocycles. The zero-order valence-corrected chi connectivity index (χ0v) is 17.4. The van der Waals surface area contributed by atoms with E-state index in [1.54, 1.807) is 11.7 Å². The minimum atomic E-state index is 0.00785. The normalized spacial score (nSPS) is 11.4. The third-order valence-corrected chi connectivity index (χ3v) is 6.06. The fourth-order valence-corrected chi connectivity index (χ4v) is 4.55. The largest absolute Gasteiger partial charge is 0.497 e. The summed E-state index contributed by atoms with van der Waals surface area (Å²) in [4.78, 5) is 22.4. The number of aromatic nitrogens is 3. The molecule has 0 aliphatic rings. The molecule has 0 amide bonds. The van der Waals surface area contributed by atoms with E-state index in [4.69, 9.17) is 4.74 Å². The van der Waals surface area contributed by atoms with Gasteiger partial charge in [-0.15, -0.1) is 0 Å². The molecule has 5 rings (SSSR count). The maximum atomic E-state index is 13.2. The maximum absolute atomic E-state index is 13.2. The predicted molar refractivity (Wildman–Crippen MR) is 122 cm³/mol. The monoisotopic (exact) mass is 413 g/mol. The van der Waals surface area contributed by atoms with Crippen molar-refractivity contribution in [1.82, 2.24) is 14.5 Å². The molecule has 0 bridgehead atoms. The van der Waals surface area contributed by atoms with Crippen LogP contribution in [0.25, 0.3) is 32.7 Å². The third-order valence-electron chi connectivity index (χ3n) is 5.23. The van der Waals surface area contributed by atoms with Crippen molar-refractivity contribution in [2.45, 2.75) is 12.1 Å². The molecule has 5 aromatic rings. The number of carbonyl (C=O) groups is 1. The Morgan fingerprint density at radius 2 is 1.60 bits per heavy atom. The van der Waals surface area contributed by atoms with Crippen LogP contribution in [-0.4, -0.2) is 33.3 Å². The van der Waals surface area contributed by atoms with Gasteiger partial charge in [0.1, 0.15) is 5.75 Å². The third kappa shape index (κ3) is 3.09. The number of hydrogen-bond donors (Lipinski definition) is 0. The Bertz CT molecular complexity index is 1370. The van der Waals surface area contributed by atoms with E-state index in [0.29, 0.717) is 5.16 Å². The molecule has 0 saturated heterocycles. The number of fused-ring (bicyclic) bond motifs is 4. The first-order chi connectivity index (χ1) is 14.7. The molecule has 0 radical (unpaired) electrons. The number of nitrogens with zero attached hydrogens (tertiary/aromatic N) is 3. The molecule has 0 atom stereocenters. The molecule has 0 unspecified atom stereocenters. The number of aryl methyl sites for hydroxylation is 1. The zero-order valence-electron chi connectivity index (χ0n) is 16.6. The van der Waals surface area contributed by atoms with Crippen LogP contribution >= 0.6 is 11.8 Å². The predicted octanol–water partition coefficient (Wildman–Crippen LogP) is 5.49. The van der Waals surface area contributed by atoms with Gasteiger partial charge < -0.3 is 4.74 Å². The van der Waals surface area contributed by atoms with E-state index in [-0.39, 0.29) is 11.7 Å². The lowest BCUT2D eigenvalue weighted by Crippen LogP contribution is -2.13. The Labute approximate surface area is 177 Å².